The van der Waals surface area contributed by atoms with Crippen LogP contribution in [0, 0.1) is 0 Å². The lowest BCUT2D eigenvalue weighted by Gasteiger charge is -2.19. The predicted octanol–water partition coefficient (Wildman–Crippen LogP) is 0.772. The number of benzene rings is 1. The van der Waals surface area contributed by atoms with E-state index in [1.165, 1.54) is 7.11 Å². The molecule has 0 amide bonds. The molecule has 1 heterocycles. The van der Waals surface area contributed by atoms with Gasteiger partial charge >= 0.3 is 5.97 Å². The molecular weight excluding hydrogens is 262 g/mol. The highest BCUT2D eigenvalue weighted by Gasteiger charge is 2.22. The molecule has 1 aromatic rings. The third kappa shape index (κ3) is 3.40. The van der Waals surface area contributed by atoms with Crippen molar-refractivity contribution in [3.63, 3.8) is 0 Å². The molecule has 20 heavy (non-hydrogen) atoms. The fourth-order valence-corrected chi connectivity index (χ4v) is 2.00. The molecule has 6 heteroatoms. The maximum atomic E-state index is 11.2. The molecule has 1 aliphatic heterocycles. The Morgan fingerprint density at radius 2 is 2.10 bits per heavy atom. The Morgan fingerprint density at radius 1 is 1.40 bits per heavy atom. The Morgan fingerprint density at radius 3 is 2.80 bits per heavy atom. The number of esters is 1. The molecule has 1 aromatic carbocycles. The van der Waals surface area contributed by atoms with Gasteiger partial charge in [-0.3, -0.25) is 4.79 Å². The molecule has 2 unspecified atom stereocenters. The Hall–Kier alpha value is -1.79. The van der Waals surface area contributed by atoms with Gasteiger partial charge in [0, 0.05) is 12.5 Å². The van der Waals surface area contributed by atoms with Crippen molar-refractivity contribution >= 4 is 5.97 Å². The van der Waals surface area contributed by atoms with E-state index in [0.29, 0.717) is 30.3 Å². The van der Waals surface area contributed by atoms with Gasteiger partial charge in [-0.2, -0.15) is 0 Å². The van der Waals surface area contributed by atoms with Crippen LogP contribution in [-0.2, 0) is 9.53 Å². The fraction of sp³-hybridized carbons (Fsp3) is 0.500. The monoisotopic (exact) mass is 281 g/mol. The van der Waals surface area contributed by atoms with Crippen LogP contribution in [0.15, 0.2) is 18.2 Å². The number of hydrogen-bond donors (Lipinski definition) is 2. The smallest absolute Gasteiger partial charge is 0.307 e. The first-order valence-corrected chi connectivity index (χ1v) is 6.52. The van der Waals surface area contributed by atoms with E-state index in [4.69, 9.17) is 15.2 Å². The number of nitrogens with two attached hydrogens (primary N) is 1. The molecule has 0 saturated heterocycles. The molecule has 0 aromatic heterocycles. The molecule has 0 aliphatic carbocycles. The number of hydrogen-bond acceptors (Lipinski definition) is 6. The quantitative estimate of drug-likeness (QED) is 0.792. The first-order chi connectivity index (χ1) is 9.61. The first-order valence-electron chi connectivity index (χ1n) is 6.52. The Kier molecular flexibility index (Phi) is 4.81. The summed E-state index contributed by atoms with van der Waals surface area (Å²) in [5, 5.41) is 10.2. The standard InChI is InChI=1S/C14H19NO5/c1-18-13(16)8-10(15)14(17)9-3-4-11-12(7-9)20-6-2-5-19-11/h3-4,7,10,14,17H,2,5-6,8,15H2,1H3. The normalized spacial score (nSPS) is 16.9. The Bertz CT molecular complexity index is 477. The van der Waals surface area contributed by atoms with Crippen LogP contribution in [0.1, 0.15) is 24.5 Å². The van der Waals surface area contributed by atoms with Crippen LogP contribution >= 0.6 is 0 Å². The average Bonchev–Trinajstić information content (AvgIpc) is 2.70. The second kappa shape index (κ2) is 6.58. The van der Waals surface area contributed by atoms with Crippen molar-refractivity contribution in [2.24, 2.45) is 5.73 Å². The highest BCUT2D eigenvalue weighted by atomic mass is 16.5. The van der Waals surface area contributed by atoms with Crippen LogP contribution in [0.5, 0.6) is 11.5 Å². The number of aliphatic hydroxyl groups excluding tert-OH is 1. The number of carbonyl (C=O) groups is 1. The predicted molar refractivity (Wildman–Crippen MR) is 71.6 cm³/mol. The molecular formula is C14H19NO5. The highest BCUT2D eigenvalue weighted by molar-refractivity contribution is 5.70. The van der Waals surface area contributed by atoms with E-state index >= 15 is 0 Å². The maximum absolute atomic E-state index is 11.2. The summed E-state index contributed by atoms with van der Waals surface area (Å²) in [6, 6.07) is 4.43. The van der Waals surface area contributed by atoms with E-state index in [1.807, 2.05) is 0 Å². The number of methoxy groups -OCH3 is 1. The van der Waals surface area contributed by atoms with Gasteiger partial charge in [0.1, 0.15) is 0 Å². The van der Waals surface area contributed by atoms with Gasteiger partial charge in [0.05, 0.1) is 32.8 Å². The largest absolute Gasteiger partial charge is 0.490 e. The molecule has 0 saturated carbocycles. The second-order valence-corrected chi connectivity index (χ2v) is 4.65. The Balaban J connectivity index is 2.12. The molecule has 1 aliphatic rings. The van der Waals surface area contributed by atoms with E-state index < -0.39 is 18.1 Å². The van der Waals surface area contributed by atoms with Gasteiger partial charge in [0.15, 0.2) is 11.5 Å². The number of fused-ring (bicyclic) bond motifs is 1. The summed E-state index contributed by atoms with van der Waals surface area (Å²) >= 11 is 0. The molecule has 2 rings (SSSR count). The number of rotatable bonds is 4. The lowest BCUT2D eigenvalue weighted by Crippen LogP contribution is -2.31. The number of ether oxygens (including phenoxy) is 3. The minimum absolute atomic E-state index is 0.0495. The summed E-state index contributed by atoms with van der Waals surface area (Å²) < 4.78 is 15.6. The van der Waals surface area contributed by atoms with Crippen molar-refractivity contribution in [3.05, 3.63) is 23.8 Å². The third-order valence-electron chi connectivity index (χ3n) is 3.15. The van der Waals surface area contributed by atoms with Gasteiger partial charge in [-0.25, -0.2) is 0 Å². The van der Waals surface area contributed by atoms with Gasteiger partial charge in [0.2, 0.25) is 0 Å². The second-order valence-electron chi connectivity index (χ2n) is 4.65. The van der Waals surface area contributed by atoms with Crippen molar-refractivity contribution in [1.29, 1.82) is 0 Å². The highest BCUT2D eigenvalue weighted by Crippen LogP contribution is 2.33. The molecule has 0 fully saturated rings. The molecule has 0 radical (unpaired) electrons. The molecule has 3 N–H and O–H groups in total. The number of aliphatic hydroxyl groups is 1. The van der Waals surface area contributed by atoms with Crippen LogP contribution in [0.2, 0.25) is 0 Å². The lowest BCUT2D eigenvalue weighted by molar-refractivity contribution is -0.141. The zero-order valence-electron chi connectivity index (χ0n) is 11.4. The first kappa shape index (κ1) is 14.6. The van der Waals surface area contributed by atoms with Gasteiger partial charge in [0.25, 0.3) is 0 Å². The average molecular weight is 281 g/mol. The zero-order valence-corrected chi connectivity index (χ0v) is 11.4. The van der Waals surface area contributed by atoms with Crippen molar-refractivity contribution in [2.75, 3.05) is 20.3 Å². The number of carbonyl (C=O) groups excluding carboxylic acids is 1. The summed E-state index contributed by atoms with van der Waals surface area (Å²) in [6.45, 7) is 1.18. The summed E-state index contributed by atoms with van der Waals surface area (Å²) in [5.74, 6) is 0.787. The van der Waals surface area contributed by atoms with E-state index in [1.54, 1.807) is 18.2 Å². The molecule has 0 spiro atoms. The maximum Gasteiger partial charge on any atom is 0.307 e. The van der Waals surface area contributed by atoms with Crippen molar-refractivity contribution < 1.29 is 24.1 Å². The Labute approximate surface area is 117 Å². The van der Waals surface area contributed by atoms with Crippen LogP contribution in [-0.4, -0.2) is 37.4 Å². The fourth-order valence-electron chi connectivity index (χ4n) is 2.00. The molecule has 6 nitrogen and oxygen atoms in total. The van der Waals surface area contributed by atoms with Crippen molar-refractivity contribution in [3.8, 4) is 11.5 Å². The minimum atomic E-state index is -0.966. The molecule has 0 bridgehead atoms. The van der Waals surface area contributed by atoms with Gasteiger partial charge in [-0.05, 0) is 17.7 Å². The minimum Gasteiger partial charge on any atom is -0.490 e. The topological polar surface area (TPSA) is 91.0 Å². The SMILES string of the molecule is COC(=O)CC(N)C(O)c1ccc2c(c1)OCCCO2. The summed E-state index contributed by atoms with van der Waals surface area (Å²) in [6.07, 6.45) is -0.202. The zero-order chi connectivity index (χ0) is 14.5. The summed E-state index contributed by atoms with van der Waals surface area (Å²) in [5.41, 5.74) is 6.40. The van der Waals surface area contributed by atoms with Crippen molar-refractivity contribution in [2.45, 2.75) is 25.0 Å². The lowest BCUT2D eigenvalue weighted by atomic mass is 10.00. The van der Waals surface area contributed by atoms with E-state index in [2.05, 4.69) is 4.74 Å². The van der Waals surface area contributed by atoms with E-state index in [0.717, 1.165) is 6.42 Å². The summed E-state index contributed by atoms with van der Waals surface area (Å²) in [4.78, 5) is 11.2. The van der Waals surface area contributed by atoms with Gasteiger partial charge in [-0.15, -0.1) is 0 Å². The van der Waals surface area contributed by atoms with Gasteiger partial charge < -0.3 is 25.1 Å². The van der Waals surface area contributed by atoms with Crippen LogP contribution in [0.3, 0.4) is 0 Å². The van der Waals surface area contributed by atoms with Crippen LogP contribution < -0.4 is 15.2 Å². The summed E-state index contributed by atoms with van der Waals surface area (Å²) in [7, 11) is 1.29. The van der Waals surface area contributed by atoms with E-state index in [9.17, 15) is 9.90 Å². The third-order valence-corrected chi connectivity index (χ3v) is 3.15. The van der Waals surface area contributed by atoms with Crippen molar-refractivity contribution in [1.82, 2.24) is 0 Å². The van der Waals surface area contributed by atoms with Crippen LogP contribution in [0.4, 0.5) is 0 Å². The van der Waals surface area contributed by atoms with E-state index in [-0.39, 0.29) is 6.42 Å². The molecule has 2 atom stereocenters. The van der Waals surface area contributed by atoms with Crippen LogP contribution in [0.25, 0.3) is 0 Å². The van der Waals surface area contributed by atoms with Gasteiger partial charge in [-0.1, -0.05) is 6.07 Å². The molecule has 110 valence electrons.